The highest BCUT2D eigenvalue weighted by atomic mass is 32.2. The summed E-state index contributed by atoms with van der Waals surface area (Å²) in [4.78, 5) is 4.43. The number of hydrogen-bond donors (Lipinski definition) is 0. The second-order valence-electron chi connectivity index (χ2n) is 6.14. The Labute approximate surface area is 128 Å². The minimum Gasteiger partial charge on any atom is -0.239 e. The lowest BCUT2D eigenvalue weighted by molar-refractivity contribution is 0.326. The van der Waals surface area contributed by atoms with Crippen molar-refractivity contribution in [3.8, 4) is 0 Å². The molecule has 1 saturated carbocycles. The van der Waals surface area contributed by atoms with Gasteiger partial charge in [0.1, 0.15) is 0 Å². The predicted molar refractivity (Wildman–Crippen MR) is 81.1 cm³/mol. The molecule has 0 bridgehead atoms. The summed E-state index contributed by atoms with van der Waals surface area (Å²) >= 11 is 1.71. The molecule has 2 aliphatic rings. The Morgan fingerprint density at radius 1 is 1.19 bits per heavy atom. The molecular weight excluding hydrogens is 285 g/mol. The third-order valence-electron chi connectivity index (χ3n) is 4.43. The normalized spacial score (nSPS) is 31.0. The SMILES string of the molecule is CC1CC(Sc2nc3n(n2)[C@H](c2ccccc2)C[C@@H]3F)C1. The fourth-order valence-electron chi connectivity index (χ4n) is 3.24. The van der Waals surface area contributed by atoms with E-state index >= 15 is 0 Å². The van der Waals surface area contributed by atoms with Crippen LogP contribution in [0.25, 0.3) is 0 Å². The van der Waals surface area contributed by atoms with Crippen LogP contribution in [-0.4, -0.2) is 20.0 Å². The molecule has 21 heavy (non-hydrogen) atoms. The Balaban J connectivity index is 1.59. The van der Waals surface area contributed by atoms with E-state index in [9.17, 15) is 4.39 Å². The number of fused-ring (bicyclic) bond motifs is 1. The van der Waals surface area contributed by atoms with E-state index < -0.39 is 6.17 Å². The van der Waals surface area contributed by atoms with Gasteiger partial charge in [0.25, 0.3) is 0 Å². The number of alkyl halides is 1. The van der Waals surface area contributed by atoms with Crippen LogP contribution in [0, 0.1) is 5.92 Å². The van der Waals surface area contributed by atoms with Crippen LogP contribution in [0.1, 0.15) is 49.8 Å². The fraction of sp³-hybridized carbons (Fsp3) is 0.500. The maximum atomic E-state index is 14.2. The van der Waals surface area contributed by atoms with Crippen LogP contribution in [0.2, 0.25) is 0 Å². The van der Waals surface area contributed by atoms with Crippen molar-refractivity contribution in [2.75, 3.05) is 0 Å². The van der Waals surface area contributed by atoms with Gasteiger partial charge >= 0.3 is 0 Å². The van der Waals surface area contributed by atoms with Gasteiger partial charge in [-0.1, -0.05) is 49.0 Å². The first-order chi connectivity index (χ1) is 10.2. The molecule has 0 unspecified atom stereocenters. The Bertz CT molecular complexity index is 636. The third-order valence-corrected chi connectivity index (χ3v) is 5.53. The standard InChI is InChI=1S/C16H18FN3S/c1-10-7-12(8-10)21-16-18-15-13(17)9-14(20(15)19-16)11-5-3-2-4-6-11/h2-6,10,12-14H,7-9H2,1H3/t10?,12?,13-,14-/m0/s1. The van der Waals surface area contributed by atoms with E-state index in [0.29, 0.717) is 17.5 Å². The predicted octanol–water partition coefficient (Wildman–Crippen LogP) is 4.17. The molecule has 0 saturated heterocycles. The minimum absolute atomic E-state index is 0.0154. The highest BCUT2D eigenvalue weighted by molar-refractivity contribution is 7.99. The summed E-state index contributed by atoms with van der Waals surface area (Å²) in [6, 6.07) is 10.0. The summed E-state index contributed by atoms with van der Waals surface area (Å²) in [5.74, 6) is 1.31. The highest BCUT2D eigenvalue weighted by Gasteiger charge is 2.36. The molecule has 110 valence electrons. The molecule has 0 spiro atoms. The molecule has 1 fully saturated rings. The fourth-order valence-corrected chi connectivity index (χ4v) is 4.66. The molecule has 0 amide bonds. The van der Waals surface area contributed by atoms with E-state index in [0.717, 1.165) is 16.6 Å². The van der Waals surface area contributed by atoms with Crippen LogP contribution in [-0.2, 0) is 0 Å². The summed E-state index contributed by atoms with van der Waals surface area (Å²) in [5, 5.41) is 5.92. The van der Waals surface area contributed by atoms with Crippen LogP contribution in [0.5, 0.6) is 0 Å². The monoisotopic (exact) mass is 303 g/mol. The third kappa shape index (κ3) is 2.37. The van der Waals surface area contributed by atoms with Gasteiger partial charge in [-0.25, -0.2) is 14.1 Å². The van der Waals surface area contributed by atoms with Gasteiger partial charge in [0, 0.05) is 11.7 Å². The van der Waals surface area contributed by atoms with Crippen molar-refractivity contribution >= 4 is 11.8 Å². The van der Waals surface area contributed by atoms with Gasteiger partial charge in [0.15, 0.2) is 12.0 Å². The first-order valence-electron chi connectivity index (χ1n) is 7.53. The largest absolute Gasteiger partial charge is 0.239 e. The second kappa shape index (κ2) is 5.13. The molecule has 4 rings (SSSR count). The first kappa shape index (κ1) is 13.3. The zero-order valence-electron chi connectivity index (χ0n) is 11.9. The quantitative estimate of drug-likeness (QED) is 0.852. The van der Waals surface area contributed by atoms with Crippen LogP contribution < -0.4 is 0 Å². The van der Waals surface area contributed by atoms with Crippen molar-refractivity contribution in [2.45, 2.75) is 48.8 Å². The summed E-state index contributed by atoms with van der Waals surface area (Å²) in [7, 11) is 0. The molecule has 5 heteroatoms. The van der Waals surface area contributed by atoms with Gasteiger partial charge in [-0.3, -0.25) is 0 Å². The smallest absolute Gasteiger partial charge is 0.209 e. The molecule has 2 heterocycles. The molecule has 2 atom stereocenters. The Hall–Kier alpha value is -1.36. The first-order valence-corrected chi connectivity index (χ1v) is 8.41. The molecular formula is C16H18FN3S. The van der Waals surface area contributed by atoms with Crippen molar-refractivity contribution in [1.29, 1.82) is 0 Å². The van der Waals surface area contributed by atoms with Crippen molar-refractivity contribution in [2.24, 2.45) is 5.92 Å². The van der Waals surface area contributed by atoms with E-state index in [4.69, 9.17) is 0 Å². The average molecular weight is 303 g/mol. The van der Waals surface area contributed by atoms with E-state index in [1.807, 2.05) is 30.3 Å². The van der Waals surface area contributed by atoms with E-state index in [1.54, 1.807) is 16.4 Å². The Morgan fingerprint density at radius 3 is 2.67 bits per heavy atom. The molecule has 2 aromatic rings. The summed E-state index contributed by atoms with van der Waals surface area (Å²) in [6.07, 6.45) is 1.88. The number of thioether (sulfide) groups is 1. The van der Waals surface area contributed by atoms with Gasteiger partial charge in [-0.15, -0.1) is 5.10 Å². The van der Waals surface area contributed by atoms with E-state index in [1.165, 1.54) is 12.8 Å². The van der Waals surface area contributed by atoms with Crippen molar-refractivity contribution < 1.29 is 4.39 Å². The van der Waals surface area contributed by atoms with Crippen LogP contribution >= 0.6 is 11.8 Å². The molecule has 0 N–H and O–H groups in total. The Kier molecular flexibility index (Phi) is 3.25. The van der Waals surface area contributed by atoms with Gasteiger partial charge < -0.3 is 0 Å². The molecule has 1 aliphatic carbocycles. The zero-order chi connectivity index (χ0) is 14.4. The van der Waals surface area contributed by atoms with E-state index in [2.05, 4.69) is 17.0 Å². The summed E-state index contributed by atoms with van der Waals surface area (Å²) in [5.41, 5.74) is 1.11. The lowest BCUT2D eigenvalue weighted by Crippen LogP contribution is -2.23. The summed E-state index contributed by atoms with van der Waals surface area (Å²) in [6.45, 7) is 2.26. The molecule has 3 nitrogen and oxygen atoms in total. The van der Waals surface area contributed by atoms with Gasteiger partial charge in [0.05, 0.1) is 6.04 Å². The van der Waals surface area contributed by atoms with Crippen molar-refractivity contribution in [3.05, 3.63) is 41.7 Å². The molecule has 1 aliphatic heterocycles. The minimum atomic E-state index is -1.00. The number of benzene rings is 1. The van der Waals surface area contributed by atoms with Gasteiger partial charge in [-0.05, 0) is 24.3 Å². The van der Waals surface area contributed by atoms with Crippen LogP contribution in [0.3, 0.4) is 0 Å². The molecule has 1 aromatic heterocycles. The number of aromatic nitrogens is 3. The molecule has 1 aromatic carbocycles. The second-order valence-corrected chi connectivity index (χ2v) is 7.41. The number of halogens is 1. The van der Waals surface area contributed by atoms with Crippen LogP contribution in [0.15, 0.2) is 35.5 Å². The van der Waals surface area contributed by atoms with Gasteiger partial charge in [0.2, 0.25) is 5.16 Å². The zero-order valence-corrected chi connectivity index (χ0v) is 12.8. The van der Waals surface area contributed by atoms with Crippen LogP contribution in [0.4, 0.5) is 4.39 Å². The molecule has 0 radical (unpaired) electrons. The number of nitrogens with zero attached hydrogens (tertiary/aromatic N) is 3. The van der Waals surface area contributed by atoms with Crippen molar-refractivity contribution in [1.82, 2.24) is 14.8 Å². The Morgan fingerprint density at radius 2 is 1.95 bits per heavy atom. The number of hydrogen-bond acceptors (Lipinski definition) is 3. The van der Waals surface area contributed by atoms with E-state index in [-0.39, 0.29) is 6.04 Å². The maximum absolute atomic E-state index is 14.2. The average Bonchev–Trinajstić information content (AvgIpc) is 2.99. The maximum Gasteiger partial charge on any atom is 0.209 e. The van der Waals surface area contributed by atoms with Crippen molar-refractivity contribution in [3.63, 3.8) is 0 Å². The summed E-state index contributed by atoms with van der Waals surface area (Å²) < 4.78 is 16.0. The topological polar surface area (TPSA) is 30.7 Å². The van der Waals surface area contributed by atoms with Gasteiger partial charge in [-0.2, -0.15) is 0 Å². The lowest BCUT2D eigenvalue weighted by Gasteiger charge is -2.30. The number of rotatable bonds is 3. The lowest BCUT2D eigenvalue weighted by atomic mass is 9.87. The highest BCUT2D eigenvalue weighted by Crippen LogP contribution is 2.43.